The lowest BCUT2D eigenvalue weighted by Gasteiger charge is -2.46. The first-order valence-electron chi connectivity index (χ1n) is 6.40. The summed E-state index contributed by atoms with van der Waals surface area (Å²) in [6.45, 7) is 8.42. The third kappa shape index (κ3) is 3.13. The highest BCUT2D eigenvalue weighted by atomic mass is 32.2. The summed E-state index contributed by atoms with van der Waals surface area (Å²) in [5.41, 5.74) is 0.499. The van der Waals surface area contributed by atoms with Crippen LogP contribution in [-0.2, 0) is 0 Å². The van der Waals surface area contributed by atoms with Gasteiger partial charge in [-0.15, -0.1) is 0 Å². The normalized spacial score (nSPS) is 24.0. The van der Waals surface area contributed by atoms with Crippen LogP contribution in [0, 0.1) is 5.41 Å². The molecule has 2 fully saturated rings. The smallest absolute Gasteiger partial charge is 0.0279 e. The van der Waals surface area contributed by atoms with E-state index in [2.05, 4.69) is 37.4 Å². The quantitative estimate of drug-likeness (QED) is 0.724. The first-order valence-corrected chi connectivity index (χ1v) is 7.55. The van der Waals surface area contributed by atoms with Crippen molar-refractivity contribution < 1.29 is 0 Å². The summed E-state index contributed by atoms with van der Waals surface area (Å²) < 4.78 is 0. The number of nitrogens with zero attached hydrogens (tertiary/aromatic N) is 1. The maximum Gasteiger partial charge on any atom is 0.0279 e. The van der Waals surface area contributed by atoms with Gasteiger partial charge in [-0.2, -0.15) is 11.8 Å². The molecule has 1 aliphatic carbocycles. The zero-order valence-electron chi connectivity index (χ0n) is 10.5. The summed E-state index contributed by atoms with van der Waals surface area (Å²) in [6, 6.07) is 1.86. The molecule has 1 aliphatic heterocycles. The Morgan fingerprint density at radius 3 is 2.13 bits per heavy atom. The largest absolute Gasteiger partial charge is 0.296 e. The molecule has 1 nitrogen and oxygen atoms in total. The van der Waals surface area contributed by atoms with Gasteiger partial charge in [-0.3, -0.25) is 4.90 Å². The average Bonchev–Trinajstić information content (AvgIpc) is 1.91. The molecule has 15 heavy (non-hydrogen) atoms. The highest BCUT2D eigenvalue weighted by Gasteiger charge is 2.34. The molecule has 0 N–H and O–H groups in total. The van der Waals surface area contributed by atoms with Gasteiger partial charge in [0.05, 0.1) is 0 Å². The predicted molar refractivity (Wildman–Crippen MR) is 69.5 cm³/mol. The van der Waals surface area contributed by atoms with E-state index >= 15 is 0 Å². The van der Waals surface area contributed by atoms with Crippen LogP contribution in [0.4, 0.5) is 0 Å². The van der Waals surface area contributed by atoms with Crippen molar-refractivity contribution in [3.63, 3.8) is 0 Å². The summed E-state index contributed by atoms with van der Waals surface area (Å²) in [6.07, 6.45) is 5.75. The van der Waals surface area contributed by atoms with Crippen LogP contribution in [0.2, 0.25) is 0 Å². The molecule has 0 radical (unpaired) electrons. The van der Waals surface area contributed by atoms with Crippen molar-refractivity contribution in [1.29, 1.82) is 0 Å². The van der Waals surface area contributed by atoms with Crippen molar-refractivity contribution in [2.45, 2.75) is 58.5 Å². The second-order valence-electron chi connectivity index (χ2n) is 6.32. The predicted octanol–water partition coefficient (Wildman–Crippen LogP) is 3.39. The van der Waals surface area contributed by atoms with Crippen molar-refractivity contribution in [2.24, 2.45) is 5.41 Å². The Balaban J connectivity index is 1.81. The molecule has 0 amide bonds. The molecule has 0 atom stereocenters. The van der Waals surface area contributed by atoms with E-state index in [1.807, 2.05) is 0 Å². The van der Waals surface area contributed by atoms with Gasteiger partial charge in [-0.05, 0) is 31.2 Å². The Bertz CT molecular complexity index is 187. The number of rotatable bonds is 4. The van der Waals surface area contributed by atoms with E-state index in [0.29, 0.717) is 5.41 Å². The highest BCUT2D eigenvalue weighted by Crippen LogP contribution is 2.33. The van der Waals surface area contributed by atoms with Gasteiger partial charge in [0.25, 0.3) is 0 Å². The Labute approximate surface area is 99.0 Å². The number of thioether (sulfide) groups is 1. The van der Waals surface area contributed by atoms with Crippen LogP contribution in [0.1, 0.15) is 46.5 Å². The van der Waals surface area contributed by atoms with Gasteiger partial charge < -0.3 is 0 Å². The molecule has 0 unspecified atom stereocenters. The summed E-state index contributed by atoms with van der Waals surface area (Å²) in [5.74, 6) is 2.78. The van der Waals surface area contributed by atoms with Gasteiger partial charge in [-0.25, -0.2) is 0 Å². The van der Waals surface area contributed by atoms with Crippen LogP contribution in [0.15, 0.2) is 0 Å². The van der Waals surface area contributed by atoms with E-state index in [4.69, 9.17) is 0 Å². The van der Waals surface area contributed by atoms with Gasteiger partial charge in [-0.1, -0.05) is 27.2 Å². The topological polar surface area (TPSA) is 3.24 Å². The van der Waals surface area contributed by atoms with Crippen LogP contribution >= 0.6 is 11.8 Å². The van der Waals surface area contributed by atoms with Crippen molar-refractivity contribution >= 4 is 11.8 Å². The Kier molecular flexibility index (Phi) is 3.67. The maximum atomic E-state index is 2.82. The molecule has 0 aromatic heterocycles. The summed E-state index contributed by atoms with van der Waals surface area (Å²) in [7, 11) is 0. The van der Waals surface area contributed by atoms with Gasteiger partial charge in [0.15, 0.2) is 0 Å². The van der Waals surface area contributed by atoms with E-state index in [9.17, 15) is 0 Å². The molecule has 2 rings (SSSR count). The molecule has 0 aromatic carbocycles. The Morgan fingerprint density at radius 2 is 1.80 bits per heavy atom. The van der Waals surface area contributed by atoms with E-state index in [1.165, 1.54) is 43.7 Å². The van der Waals surface area contributed by atoms with Gasteiger partial charge >= 0.3 is 0 Å². The fourth-order valence-corrected chi connectivity index (χ4v) is 3.09. The van der Waals surface area contributed by atoms with Crippen molar-refractivity contribution in [3.8, 4) is 0 Å². The third-order valence-corrected chi connectivity index (χ3v) is 4.99. The van der Waals surface area contributed by atoms with Crippen LogP contribution in [-0.4, -0.2) is 35.0 Å². The van der Waals surface area contributed by atoms with Gasteiger partial charge in [0.2, 0.25) is 0 Å². The second-order valence-corrected chi connectivity index (χ2v) is 7.40. The van der Waals surface area contributed by atoms with Crippen LogP contribution in [0.3, 0.4) is 0 Å². The van der Waals surface area contributed by atoms with Crippen molar-refractivity contribution in [2.75, 3.05) is 18.1 Å². The fourth-order valence-electron chi connectivity index (χ4n) is 2.26. The van der Waals surface area contributed by atoms with E-state index in [-0.39, 0.29) is 0 Å². The average molecular weight is 227 g/mol. The van der Waals surface area contributed by atoms with Gasteiger partial charge in [0, 0.05) is 23.6 Å². The number of hydrogen-bond acceptors (Lipinski definition) is 2. The molecule has 88 valence electrons. The maximum absolute atomic E-state index is 2.82. The van der Waals surface area contributed by atoms with Crippen LogP contribution < -0.4 is 0 Å². The molecular formula is C13H25NS. The minimum absolute atomic E-state index is 0.499. The SMILES string of the molecule is CC(C)(C)CCN(C1CCC1)C1CSC1. The molecule has 1 heterocycles. The fraction of sp³-hybridized carbons (Fsp3) is 1.00. The lowest BCUT2D eigenvalue weighted by Crippen LogP contribution is -2.53. The third-order valence-electron chi connectivity index (χ3n) is 3.75. The van der Waals surface area contributed by atoms with E-state index in [1.54, 1.807) is 0 Å². The molecule has 2 heteroatoms. The summed E-state index contributed by atoms with van der Waals surface area (Å²) >= 11 is 2.12. The molecular weight excluding hydrogens is 202 g/mol. The lowest BCUT2D eigenvalue weighted by atomic mass is 9.87. The number of hydrogen-bond donors (Lipinski definition) is 0. The first-order chi connectivity index (χ1) is 7.06. The highest BCUT2D eigenvalue weighted by molar-refractivity contribution is 8.00. The van der Waals surface area contributed by atoms with Crippen LogP contribution in [0.5, 0.6) is 0 Å². The molecule has 0 spiro atoms. The zero-order chi connectivity index (χ0) is 10.9. The minimum atomic E-state index is 0.499. The molecule has 1 saturated heterocycles. The molecule has 1 saturated carbocycles. The van der Waals surface area contributed by atoms with E-state index in [0.717, 1.165) is 12.1 Å². The Morgan fingerprint density at radius 1 is 1.13 bits per heavy atom. The second kappa shape index (κ2) is 4.67. The molecule has 0 aromatic rings. The monoisotopic (exact) mass is 227 g/mol. The van der Waals surface area contributed by atoms with Crippen LogP contribution in [0.25, 0.3) is 0 Å². The first kappa shape index (κ1) is 11.8. The Hall–Kier alpha value is 0.310. The summed E-state index contributed by atoms with van der Waals surface area (Å²) in [5, 5.41) is 0. The molecule has 2 aliphatic rings. The van der Waals surface area contributed by atoms with Gasteiger partial charge in [0.1, 0.15) is 0 Å². The summed E-state index contributed by atoms with van der Waals surface area (Å²) in [4.78, 5) is 2.82. The van der Waals surface area contributed by atoms with Crippen molar-refractivity contribution in [3.05, 3.63) is 0 Å². The molecule has 0 bridgehead atoms. The van der Waals surface area contributed by atoms with Crippen molar-refractivity contribution in [1.82, 2.24) is 4.90 Å². The minimum Gasteiger partial charge on any atom is -0.296 e. The van der Waals surface area contributed by atoms with E-state index < -0.39 is 0 Å². The standard InChI is InChI=1S/C13H25NS/c1-13(2,3)7-8-14(11-5-4-6-11)12-9-15-10-12/h11-12H,4-10H2,1-3H3. The lowest BCUT2D eigenvalue weighted by molar-refractivity contribution is 0.0811. The zero-order valence-corrected chi connectivity index (χ0v) is 11.3.